The predicted octanol–water partition coefficient (Wildman–Crippen LogP) is 3.61. The first-order chi connectivity index (χ1) is 6.17. The lowest BCUT2D eigenvalue weighted by Crippen LogP contribution is -2.49. The van der Waals surface area contributed by atoms with Crippen molar-refractivity contribution in [1.29, 1.82) is 5.26 Å². The zero-order valence-electron chi connectivity index (χ0n) is 10.2. The van der Waals surface area contributed by atoms with E-state index < -0.39 is 0 Å². The number of hydrogen-bond acceptors (Lipinski definition) is 1. The Labute approximate surface area is 87.5 Å². The Hall–Kier alpha value is -0.510. The molecule has 2 aliphatic carbocycles. The highest BCUT2D eigenvalue weighted by molar-refractivity contribution is 5.37. The van der Waals surface area contributed by atoms with Crippen molar-refractivity contribution in [2.45, 2.75) is 48.0 Å². The van der Waals surface area contributed by atoms with E-state index >= 15 is 0 Å². The molecule has 78 valence electrons. The average Bonchev–Trinajstić information content (AvgIpc) is 2.37. The van der Waals surface area contributed by atoms with Gasteiger partial charge in [0, 0.05) is 5.41 Å². The Morgan fingerprint density at radius 1 is 1.00 bits per heavy atom. The van der Waals surface area contributed by atoms with E-state index in [-0.39, 0.29) is 11.3 Å². The van der Waals surface area contributed by atoms with Crippen LogP contribution in [-0.4, -0.2) is 0 Å². The van der Waals surface area contributed by atoms with Crippen LogP contribution in [0.25, 0.3) is 0 Å². The lowest BCUT2D eigenvalue weighted by Gasteiger charge is -2.53. The predicted molar refractivity (Wildman–Crippen MR) is 57.5 cm³/mol. The second kappa shape index (κ2) is 2.03. The Balaban J connectivity index is 2.49. The Bertz CT molecular complexity index is 314. The zero-order valence-corrected chi connectivity index (χ0v) is 10.2. The summed E-state index contributed by atoms with van der Waals surface area (Å²) in [5.74, 6) is 0.280. The maximum Gasteiger partial charge on any atom is 0.0662 e. The summed E-state index contributed by atoms with van der Waals surface area (Å²) < 4.78 is 0. The monoisotopic (exact) mass is 191 g/mol. The fraction of sp³-hybridized carbons (Fsp3) is 0.923. The molecule has 0 heterocycles. The molecule has 0 bridgehead atoms. The van der Waals surface area contributed by atoms with Gasteiger partial charge >= 0.3 is 0 Å². The van der Waals surface area contributed by atoms with E-state index in [1.54, 1.807) is 0 Å². The van der Waals surface area contributed by atoms with Gasteiger partial charge in [-0.15, -0.1) is 0 Å². The summed E-state index contributed by atoms with van der Waals surface area (Å²) in [5, 5.41) is 9.21. The molecule has 1 nitrogen and oxygen atoms in total. The molecule has 2 saturated carbocycles. The second-order valence-electron chi connectivity index (χ2n) is 6.83. The molecule has 2 fully saturated rings. The lowest BCUT2D eigenvalue weighted by atomic mass is 9.49. The highest BCUT2D eigenvalue weighted by Crippen LogP contribution is 2.92. The molecule has 0 saturated heterocycles. The van der Waals surface area contributed by atoms with Crippen LogP contribution in [-0.2, 0) is 0 Å². The van der Waals surface area contributed by atoms with Gasteiger partial charge in [0.2, 0.25) is 0 Å². The van der Waals surface area contributed by atoms with Crippen molar-refractivity contribution in [1.82, 2.24) is 0 Å². The fourth-order valence-corrected chi connectivity index (χ4v) is 5.23. The van der Waals surface area contributed by atoms with Gasteiger partial charge in [0.1, 0.15) is 0 Å². The molecule has 0 aromatic carbocycles. The Kier molecular flexibility index (Phi) is 1.45. The zero-order chi connectivity index (χ0) is 11.0. The van der Waals surface area contributed by atoms with Crippen LogP contribution < -0.4 is 0 Å². The van der Waals surface area contributed by atoms with E-state index in [4.69, 9.17) is 0 Å². The van der Waals surface area contributed by atoms with Crippen LogP contribution in [0.3, 0.4) is 0 Å². The van der Waals surface area contributed by atoms with Gasteiger partial charge in [-0.3, -0.25) is 0 Å². The van der Waals surface area contributed by atoms with Gasteiger partial charge in [-0.05, 0) is 22.7 Å². The molecule has 1 heteroatoms. The first kappa shape index (κ1) is 10.0. The van der Waals surface area contributed by atoms with Crippen LogP contribution in [0, 0.1) is 38.9 Å². The second-order valence-corrected chi connectivity index (χ2v) is 6.83. The van der Waals surface area contributed by atoms with Gasteiger partial charge in [-0.25, -0.2) is 0 Å². The quantitative estimate of drug-likeness (QED) is 0.574. The minimum Gasteiger partial charge on any atom is -0.198 e. The van der Waals surface area contributed by atoms with Crippen molar-refractivity contribution in [2.75, 3.05) is 0 Å². The van der Waals surface area contributed by atoms with Crippen molar-refractivity contribution in [3.63, 3.8) is 0 Å². The first-order valence-electron chi connectivity index (χ1n) is 5.56. The van der Waals surface area contributed by atoms with E-state index in [0.717, 1.165) is 6.42 Å². The Morgan fingerprint density at radius 3 is 1.57 bits per heavy atom. The first-order valence-corrected chi connectivity index (χ1v) is 5.56. The minimum absolute atomic E-state index is 0.266. The number of rotatable bonds is 0. The summed E-state index contributed by atoms with van der Waals surface area (Å²) in [7, 11) is 0. The minimum atomic E-state index is 0.266. The standard InChI is InChI=1S/C13H21N/c1-10(2)7-9(8-14)13(10)11(3,4)12(13,5)6/h9H,7H2,1-6H3. The molecular formula is C13H21N. The molecule has 2 rings (SSSR count). The van der Waals surface area contributed by atoms with Crippen LogP contribution in [0.1, 0.15) is 48.0 Å². The van der Waals surface area contributed by atoms with Crippen molar-refractivity contribution < 1.29 is 0 Å². The summed E-state index contributed by atoms with van der Waals surface area (Å²) in [6, 6.07) is 2.52. The third kappa shape index (κ3) is 0.585. The maximum absolute atomic E-state index is 9.21. The van der Waals surface area contributed by atoms with Crippen molar-refractivity contribution in [3.8, 4) is 6.07 Å². The Morgan fingerprint density at radius 2 is 1.43 bits per heavy atom. The van der Waals surface area contributed by atoms with Crippen molar-refractivity contribution in [3.05, 3.63) is 0 Å². The molecule has 0 radical (unpaired) electrons. The summed E-state index contributed by atoms with van der Waals surface area (Å²) in [5.41, 5.74) is 1.26. The van der Waals surface area contributed by atoms with E-state index in [1.165, 1.54) is 0 Å². The van der Waals surface area contributed by atoms with Crippen molar-refractivity contribution in [2.24, 2.45) is 27.6 Å². The highest BCUT2D eigenvalue weighted by Gasteiger charge is 2.88. The molecule has 0 amide bonds. The van der Waals surface area contributed by atoms with Gasteiger partial charge in [-0.2, -0.15) is 5.26 Å². The molecule has 0 aromatic heterocycles. The van der Waals surface area contributed by atoms with E-state index in [2.05, 4.69) is 47.6 Å². The molecule has 0 aliphatic heterocycles. The number of nitrogens with zero attached hydrogens (tertiary/aromatic N) is 1. The molecule has 14 heavy (non-hydrogen) atoms. The smallest absolute Gasteiger partial charge is 0.0662 e. The van der Waals surface area contributed by atoms with Gasteiger partial charge in [0.25, 0.3) is 0 Å². The fourth-order valence-electron chi connectivity index (χ4n) is 5.23. The summed E-state index contributed by atoms with van der Waals surface area (Å²) >= 11 is 0. The summed E-state index contributed by atoms with van der Waals surface area (Å²) in [6.07, 6.45) is 1.08. The van der Waals surface area contributed by atoms with E-state index in [9.17, 15) is 5.26 Å². The van der Waals surface area contributed by atoms with Crippen LogP contribution in [0.15, 0.2) is 0 Å². The molecule has 0 aromatic rings. The van der Waals surface area contributed by atoms with Crippen LogP contribution in [0.2, 0.25) is 0 Å². The lowest BCUT2D eigenvalue weighted by molar-refractivity contribution is -0.0514. The van der Waals surface area contributed by atoms with Gasteiger partial charge in [-0.1, -0.05) is 41.5 Å². The normalized spacial score (nSPS) is 38.5. The molecular weight excluding hydrogens is 170 g/mol. The molecule has 1 unspecified atom stereocenters. The third-order valence-corrected chi connectivity index (χ3v) is 5.93. The van der Waals surface area contributed by atoms with E-state index in [0.29, 0.717) is 16.2 Å². The van der Waals surface area contributed by atoms with Gasteiger partial charge in [0.05, 0.1) is 12.0 Å². The van der Waals surface area contributed by atoms with Crippen LogP contribution in [0.5, 0.6) is 0 Å². The molecule has 1 spiro atoms. The highest BCUT2D eigenvalue weighted by atomic mass is 14.9. The molecule has 1 atom stereocenters. The topological polar surface area (TPSA) is 23.8 Å². The molecule has 0 N–H and O–H groups in total. The molecule has 2 aliphatic rings. The number of hydrogen-bond donors (Lipinski definition) is 0. The largest absolute Gasteiger partial charge is 0.198 e. The van der Waals surface area contributed by atoms with E-state index in [1.807, 2.05) is 0 Å². The van der Waals surface area contributed by atoms with Crippen LogP contribution >= 0.6 is 0 Å². The summed E-state index contributed by atoms with van der Waals surface area (Å²) in [6.45, 7) is 14.0. The van der Waals surface area contributed by atoms with Crippen molar-refractivity contribution >= 4 is 0 Å². The SMILES string of the molecule is CC1(C)CC(C#N)C12C(C)(C)C2(C)C. The summed E-state index contributed by atoms with van der Waals surface area (Å²) in [4.78, 5) is 0. The average molecular weight is 191 g/mol. The van der Waals surface area contributed by atoms with Gasteiger partial charge < -0.3 is 0 Å². The maximum atomic E-state index is 9.21. The van der Waals surface area contributed by atoms with Gasteiger partial charge in [0.15, 0.2) is 0 Å². The third-order valence-electron chi connectivity index (χ3n) is 5.93. The van der Waals surface area contributed by atoms with Crippen LogP contribution in [0.4, 0.5) is 0 Å². The number of nitriles is 1.